The molecule has 0 aliphatic heterocycles. The zero-order valence-corrected chi connectivity index (χ0v) is 29.9. The molecular formula is C37H65O8P. The van der Waals surface area contributed by atoms with Gasteiger partial charge in [-0.3, -0.25) is 14.1 Å². The van der Waals surface area contributed by atoms with E-state index in [-0.39, 0.29) is 19.4 Å². The molecule has 9 heteroatoms. The Hall–Kier alpha value is -1.99. The molecule has 8 nitrogen and oxygen atoms in total. The van der Waals surface area contributed by atoms with E-state index in [1.807, 2.05) is 6.08 Å². The molecule has 0 spiro atoms. The Morgan fingerprint density at radius 1 is 0.565 bits per heavy atom. The number of phosphoric acid groups is 1. The van der Waals surface area contributed by atoms with Crippen LogP contribution in [0.3, 0.4) is 0 Å². The lowest BCUT2D eigenvalue weighted by atomic mass is 10.1. The SMILES string of the molecule is CCCCC/C=C/C/C=C/C/C=C/C/C=C/CCCC(=O)OC[C@H](COP(=O)(O)O)OC(=O)CCCCCCCCCCCCC. The van der Waals surface area contributed by atoms with Crippen molar-refractivity contribution in [3.05, 3.63) is 48.6 Å². The Labute approximate surface area is 280 Å². The predicted molar refractivity (Wildman–Crippen MR) is 188 cm³/mol. The van der Waals surface area contributed by atoms with Gasteiger partial charge < -0.3 is 19.3 Å². The summed E-state index contributed by atoms with van der Waals surface area (Å²) in [6.45, 7) is 3.58. The molecule has 0 saturated carbocycles. The van der Waals surface area contributed by atoms with Crippen molar-refractivity contribution in [2.24, 2.45) is 0 Å². The quantitative estimate of drug-likeness (QED) is 0.0315. The van der Waals surface area contributed by atoms with E-state index < -0.39 is 32.5 Å². The summed E-state index contributed by atoms with van der Waals surface area (Å²) >= 11 is 0. The zero-order valence-electron chi connectivity index (χ0n) is 29.0. The Bertz CT molecular complexity index is 890. The first-order chi connectivity index (χ1) is 22.3. The number of carbonyl (C=O) groups is 2. The van der Waals surface area contributed by atoms with Crippen LogP contribution < -0.4 is 0 Å². The minimum Gasteiger partial charge on any atom is -0.462 e. The molecule has 0 heterocycles. The average molecular weight is 669 g/mol. The maximum absolute atomic E-state index is 12.3. The first kappa shape index (κ1) is 44.0. The lowest BCUT2D eigenvalue weighted by Crippen LogP contribution is -2.29. The minimum atomic E-state index is -4.76. The van der Waals surface area contributed by atoms with Crippen molar-refractivity contribution >= 4 is 19.8 Å². The van der Waals surface area contributed by atoms with Gasteiger partial charge in [0.25, 0.3) is 0 Å². The fourth-order valence-electron chi connectivity index (χ4n) is 4.66. The Morgan fingerprint density at radius 2 is 1.00 bits per heavy atom. The fraction of sp³-hybridized carbons (Fsp3) is 0.730. The highest BCUT2D eigenvalue weighted by molar-refractivity contribution is 7.46. The van der Waals surface area contributed by atoms with E-state index in [2.05, 4.69) is 60.9 Å². The Balaban J connectivity index is 4.09. The molecule has 0 amide bonds. The standard InChI is InChI=1S/C37H65O8P/c1-3-5-7-9-11-13-15-16-17-18-19-20-22-23-25-27-29-31-36(38)43-33-35(34-44-46(40,41)42)45-37(39)32-30-28-26-24-21-14-12-10-8-6-4-2/h11,13,16-17,19-20,23,25,35H,3-10,12,14-15,18,21-22,24,26-34H2,1-2H3,(H2,40,41,42)/b13-11+,17-16+,20-19+,25-23+/t35-/m1/s1. The summed E-state index contributed by atoms with van der Waals surface area (Å²) in [6, 6.07) is 0. The van der Waals surface area contributed by atoms with Crippen LogP contribution in [0.25, 0.3) is 0 Å². The Kier molecular flexibility index (Phi) is 31.5. The van der Waals surface area contributed by atoms with Gasteiger partial charge in [0, 0.05) is 12.8 Å². The maximum Gasteiger partial charge on any atom is 0.469 e. The highest BCUT2D eigenvalue weighted by Gasteiger charge is 2.22. The molecule has 46 heavy (non-hydrogen) atoms. The molecule has 0 aliphatic carbocycles. The molecule has 0 rings (SSSR count). The van der Waals surface area contributed by atoms with Crippen LogP contribution in [-0.4, -0.2) is 41.0 Å². The van der Waals surface area contributed by atoms with Gasteiger partial charge in [0.05, 0.1) is 6.61 Å². The average Bonchev–Trinajstić information content (AvgIpc) is 3.02. The number of phosphoric ester groups is 1. The summed E-state index contributed by atoms with van der Waals surface area (Å²) in [5.41, 5.74) is 0. The molecule has 2 N–H and O–H groups in total. The van der Waals surface area contributed by atoms with Crippen molar-refractivity contribution in [1.29, 1.82) is 0 Å². The number of allylic oxidation sites excluding steroid dienone is 8. The van der Waals surface area contributed by atoms with Gasteiger partial charge in [-0.25, -0.2) is 4.57 Å². The number of esters is 2. The van der Waals surface area contributed by atoms with Gasteiger partial charge in [0.15, 0.2) is 6.10 Å². The second kappa shape index (κ2) is 32.9. The van der Waals surface area contributed by atoms with E-state index in [1.54, 1.807) is 0 Å². The van der Waals surface area contributed by atoms with Crippen molar-refractivity contribution in [1.82, 2.24) is 0 Å². The van der Waals surface area contributed by atoms with E-state index >= 15 is 0 Å². The first-order valence-corrected chi connectivity index (χ1v) is 19.5. The summed E-state index contributed by atoms with van der Waals surface area (Å²) in [5.74, 6) is -0.953. The van der Waals surface area contributed by atoms with Crippen LogP contribution in [0.2, 0.25) is 0 Å². The molecule has 0 radical (unpaired) electrons. The van der Waals surface area contributed by atoms with Gasteiger partial charge in [-0.15, -0.1) is 0 Å². The van der Waals surface area contributed by atoms with E-state index in [0.29, 0.717) is 12.8 Å². The maximum atomic E-state index is 12.3. The highest BCUT2D eigenvalue weighted by Crippen LogP contribution is 2.35. The molecular weight excluding hydrogens is 603 g/mol. The normalized spacial score (nSPS) is 13.0. The molecule has 0 aromatic rings. The minimum absolute atomic E-state index is 0.191. The number of hydrogen-bond acceptors (Lipinski definition) is 6. The Morgan fingerprint density at radius 3 is 1.52 bits per heavy atom. The summed E-state index contributed by atoms with van der Waals surface area (Å²) in [6.07, 6.45) is 38.4. The van der Waals surface area contributed by atoms with Crippen LogP contribution in [-0.2, 0) is 28.2 Å². The zero-order chi connectivity index (χ0) is 34.0. The molecule has 1 atom stereocenters. The topological polar surface area (TPSA) is 119 Å². The van der Waals surface area contributed by atoms with Crippen molar-refractivity contribution in [2.75, 3.05) is 13.2 Å². The van der Waals surface area contributed by atoms with Crippen molar-refractivity contribution in [2.45, 2.75) is 161 Å². The predicted octanol–water partition coefficient (Wildman–Crippen LogP) is 10.4. The van der Waals surface area contributed by atoms with Gasteiger partial charge in [0.1, 0.15) is 6.61 Å². The van der Waals surface area contributed by atoms with Gasteiger partial charge in [-0.2, -0.15) is 0 Å². The fourth-order valence-corrected chi connectivity index (χ4v) is 5.02. The van der Waals surface area contributed by atoms with E-state index in [9.17, 15) is 14.2 Å². The number of ether oxygens (including phenoxy) is 2. The van der Waals surface area contributed by atoms with Crippen molar-refractivity contribution < 1.29 is 37.9 Å². The van der Waals surface area contributed by atoms with Crippen LogP contribution in [0, 0.1) is 0 Å². The van der Waals surface area contributed by atoms with Gasteiger partial charge in [0.2, 0.25) is 0 Å². The molecule has 0 aromatic heterocycles. The van der Waals surface area contributed by atoms with Gasteiger partial charge in [-0.1, -0.05) is 140 Å². The van der Waals surface area contributed by atoms with E-state index in [0.717, 1.165) is 44.9 Å². The summed E-state index contributed by atoms with van der Waals surface area (Å²) < 4.78 is 26.2. The third-order valence-electron chi connectivity index (χ3n) is 7.35. The van der Waals surface area contributed by atoms with Gasteiger partial charge >= 0.3 is 19.8 Å². The lowest BCUT2D eigenvalue weighted by molar-refractivity contribution is -0.161. The number of carbonyl (C=O) groups excluding carboxylic acids is 2. The highest BCUT2D eigenvalue weighted by atomic mass is 31.2. The summed E-state index contributed by atoms with van der Waals surface area (Å²) in [5, 5.41) is 0. The van der Waals surface area contributed by atoms with Crippen molar-refractivity contribution in [3.8, 4) is 0 Å². The van der Waals surface area contributed by atoms with E-state index in [1.165, 1.54) is 70.6 Å². The molecule has 0 aliphatic rings. The summed E-state index contributed by atoms with van der Waals surface area (Å²) in [7, 11) is -4.76. The third kappa shape index (κ3) is 34.9. The monoisotopic (exact) mass is 668 g/mol. The molecule has 0 aromatic carbocycles. The van der Waals surface area contributed by atoms with E-state index in [4.69, 9.17) is 19.3 Å². The largest absolute Gasteiger partial charge is 0.469 e. The first-order valence-electron chi connectivity index (χ1n) is 17.9. The molecule has 0 bridgehead atoms. The summed E-state index contributed by atoms with van der Waals surface area (Å²) in [4.78, 5) is 42.5. The number of hydrogen-bond donors (Lipinski definition) is 2. The molecule has 0 saturated heterocycles. The smallest absolute Gasteiger partial charge is 0.462 e. The molecule has 266 valence electrons. The van der Waals surface area contributed by atoms with Gasteiger partial charge in [-0.05, 0) is 51.4 Å². The van der Waals surface area contributed by atoms with Crippen molar-refractivity contribution in [3.63, 3.8) is 0 Å². The van der Waals surface area contributed by atoms with Crippen LogP contribution in [0.15, 0.2) is 48.6 Å². The van der Waals surface area contributed by atoms with Crippen LogP contribution in [0.5, 0.6) is 0 Å². The lowest BCUT2D eigenvalue weighted by Gasteiger charge is -2.18. The second-order valence-corrected chi connectivity index (χ2v) is 13.1. The van der Waals surface area contributed by atoms with Crippen LogP contribution in [0.1, 0.15) is 155 Å². The molecule has 0 unspecified atom stereocenters. The third-order valence-corrected chi connectivity index (χ3v) is 7.84. The number of unbranched alkanes of at least 4 members (excludes halogenated alkanes) is 14. The second-order valence-electron chi connectivity index (χ2n) is 11.8. The van der Waals surface area contributed by atoms with Crippen LogP contribution >= 0.6 is 7.82 Å². The van der Waals surface area contributed by atoms with Crippen LogP contribution in [0.4, 0.5) is 0 Å². The number of rotatable bonds is 32. The molecule has 0 fully saturated rings.